The molecule has 31 heavy (non-hydrogen) atoms. The van der Waals surface area contributed by atoms with Crippen LogP contribution in [0.15, 0.2) is 42.5 Å². The van der Waals surface area contributed by atoms with Crippen molar-refractivity contribution in [3.8, 4) is 5.75 Å². The Morgan fingerprint density at radius 1 is 1.19 bits per heavy atom. The van der Waals surface area contributed by atoms with Crippen LogP contribution in [0.2, 0.25) is 10.0 Å². The van der Waals surface area contributed by atoms with Crippen molar-refractivity contribution in [2.24, 2.45) is 11.8 Å². The van der Waals surface area contributed by atoms with Gasteiger partial charge in [0.25, 0.3) is 0 Å². The van der Waals surface area contributed by atoms with Gasteiger partial charge >= 0.3 is 29.6 Å². The third-order valence-electron chi connectivity index (χ3n) is 5.05. The number of hydrogen-bond acceptors (Lipinski definition) is 6. The van der Waals surface area contributed by atoms with Crippen molar-refractivity contribution in [1.82, 2.24) is 0 Å². The van der Waals surface area contributed by atoms with Crippen molar-refractivity contribution in [2.75, 3.05) is 6.61 Å². The molecule has 0 amide bonds. The van der Waals surface area contributed by atoms with E-state index in [0.717, 1.165) is 0 Å². The number of unbranched alkanes of at least 4 members (excludes halogenated alkanes) is 1. The van der Waals surface area contributed by atoms with Gasteiger partial charge in [0, 0.05) is 28.4 Å². The molecule has 9 heteroatoms. The van der Waals surface area contributed by atoms with E-state index in [0.29, 0.717) is 35.1 Å². The van der Waals surface area contributed by atoms with Crippen molar-refractivity contribution in [3.63, 3.8) is 0 Å². The van der Waals surface area contributed by atoms with Crippen LogP contribution in [0.4, 0.5) is 0 Å². The zero-order chi connectivity index (χ0) is 22.1. The Labute approximate surface area is 214 Å². The second kappa shape index (κ2) is 14.6. The van der Waals surface area contributed by atoms with Crippen LogP contribution in [-0.2, 0) is 4.79 Å². The standard InChI is InChI=1S/C22H28Cl2O6.Na/c23-14-9-15(24)11-17(10-14)30-13-16(25)7-8-19-18(20(26)12-21(19)27)5-3-1-2-4-6-22(28)29;/h1,3,7-11,16,18-21,25-27H,2,4-6,12-13H2,(H,28,29);/q;+1/p-1/b3-1-,8-7+;/t16-,18-,19-,20+,21-;/m1./s1. The summed E-state index contributed by atoms with van der Waals surface area (Å²) in [5.41, 5.74) is 0. The smallest absolute Gasteiger partial charge is 0.550 e. The molecule has 1 aliphatic rings. The number of carbonyl (C=O) groups is 1. The van der Waals surface area contributed by atoms with Crippen molar-refractivity contribution < 1.29 is 59.5 Å². The Kier molecular flexibility index (Phi) is 13.4. The van der Waals surface area contributed by atoms with Gasteiger partial charge in [-0.05, 0) is 49.8 Å². The summed E-state index contributed by atoms with van der Waals surface area (Å²) in [4.78, 5) is 10.4. The Hall–Kier alpha value is -0.570. The molecule has 6 nitrogen and oxygen atoms in total. The molecule has 0 aliphatic heterocycles. The normalized spacial score (nSPS) is 24.4. The number of hydrogen-bond donors (Lipinski definition) is 3. The molecule has 0 unspecified atom stereocenters. The van der Waals surface area contributed by atoms with Crippen molar-refractivity contribution in [2.45, 2.75) is 50.4 Å². The van der Waals surface area contributed by atoms with Crippen LogP contribution in [0.3, 0.4) is 0 Å². The molecule has 1 saturated carbocycles. The average Bonchev–Trinajstić information content (AvgIpc) is 2.92. The van der Waals surface area contributed by atoms with Crippen molar-refractivity contribution in [1.29, 1.82) is 0 Å². The zero-order valence-corrected chi connectivity index (χ0v) is 21.0. The molecule has 2 rings (SSSR count). The van der Waals surface area contributed by atoms with E-state index >= 15 is 0 Å². The summed E-state index contributed by atoms with van der Waals surface area (Å²) in [5, 5.41) is 42.0. The zero-order valence-electron chi connectivity index (χ0n) is 17.5. The first-order valence-corrected chi connectivity index (χ1v) is 10.7. The molecule has 0 radical (unpaired) electrons. The van der Waals surface area contributed by atoms with E-state index in [9.17, 15) is 25.2 Å². The quantitative estimate of drug-likeness (QED) is 0.224. The van der Waals surface area contributed by atoms with E-state index in [2.05, 4.69) is 0 Å². The average molecular weight is 481 g/mol. The van der Waals surface area contributed by atoms with Gasteiger partial charge in [-0.25, -0.2) is 0 Å². The Balaban J connectivity index is 0.00000480. The number of carbonyl (C=O) groups excluding carboxylic acids is 1. The van der Waals surface area contributed by atoms with Crippen LogP contribution < -0.4 is 39.4 Å². The predicted octanol–water partition coefficient (Wildman–Crippen LogP) is -0.482. The largest absolute Gasteiger partial charge is 1.00 e. The summed E-state index contributed by atoms with van der Waals surface area (Å²) in [6, 6.07) is 4.77. The molecule has 0 bridgehead atoms. The maximum atomic E-state index is 10.4. The number of aliphatic hydroxyl groups is 3. The molecule has 0 heterocycles. The first kappa shape index (κ1) is 28.5. The second-order valence-corrected chi connectivity index (χ2v) is 8.32. The minimum atomic E-state index is -1.07. The summed E-state index contributed by atoms with van der Waals surface area (Å²) in [7, 11) is 0. The van der Waals surface area contributed by atoms with E-state index in [1.165, 1.54) is 0 Å². The van der Waals surface area contributed by atoms with E-state index in [1.807, 2.05) is 12.2 Å². The van der Waals surface area contributed by atoms with Gasteiger partial charge < -0.3 is 30.0 Å². The number of aliphatic carboxylic acids is 1. The molecule has 0 spiro atoms. The number of allylic oxidation sites excluding steroid dienone is 2. The van der Waals surface area contributed by atoms with E-state index < -0.39 is 24.3 Å². The van der Waals surface area contributed by atoms with Crippen LogP contribution >= 0.6 is 23.2 Å². The third kappa shape index (κ3) is 10.3. The summed E-state index contributed by atoms with van der Waals surface area (Å²) in [6.07, 6.45) is 6.73. The van der Waals surface area contributed by atoms with Crippen LogP contribution in [0.1, 0.15) is 32.1 Å². The maximum Gasteiger partial charge on any atom is 1.00 e. The predicted molar refractivity (Wildman–Crippen MR) is 113 cm³/mol. The Bertz CT molecular complexity index is 737. The molecule has 3 N–H and O–H groups in total. The van der Waals surface area contributed by atoms with Gasteiger partial charge in [0.15, 0.2) is 0 Å². The van der Waals surface area contributed by atoms with Gasteiger partial charge in [-0.3, -0.25) is 0 Å². The molecule has 1 aromatic carbocycles. The topological polar surface area (TPSA) is 110 Å². The van der Waals surface area contributed by atoms with Crippen LogP contribution in [0.25, 0.3) is 0 Å². The fourth-order valence-corrected chi connectivity index (χ4v) is 4.05. The summed E-state index contributed by atoms with van der Waals surface area (Å²) >= 11 is 11.8. The van der Waals surface area contributed by atoms with Gasteiger partial charge in [0.05, 0.1) is 12.2 Å². The fraction of sp³-hybridized carbons (Fsp3) is 0.500. The van der Waals surface area contributed by atoms with Gasteiger partial charge in [-0.15, -0.1) is 0 Å². The summed E-state index contributed by atoms with van der Waals surface area (Å²) in [6.45, 7) is -0.0124. The number of aliphatic hydroxyl groups excluding tert-OH is 3. The molecule has 1 aromatic rings. The van der Waals surface area contributed by atoms with Gasteiger partial charge in [-0.2, -0.15) is 0 Å². The monoisotopic (exact) mass is 480 g/mol. The van der Waals surface area contributed by atoms with Crippen LogP contribution in [-0.4, -0.2) is 46.2 Å². The van der Waals surface area contributed by atoms with Gasteiger partial charge in [0.1, 0.15) is 18.5 Å². The number of benzene rings is 1. The van der Waals surface area contributed by atoms with Gasteiger partial charge in [-0.1, -0.05) is 47.5 Å². The molecule has 166 valence electrons. The molecular weight excluding hydrogens is 454 g/mol. The van der Waals surface area contributed by atoms with E-state index in [4.69, 9.17) is 27.9 Å². The SMILES string of the molecule is O=C([O-])CCC/C=C\C[C@@H]1[C@@H](/C=C/[C@@H](O)COc2cc(Cl)cc(Cl)c2)[C@H](O)C[C@@H]1O.[Na+]. The molecule has 1 aliphatic carbocycles. The Morgan fingerprint density at radius 3 is 2.52 bits per heavy atom. The van der Waals surface area contributed by atoms with E-state index in [1.54, 1.807) is 30.4 Å². The third-order valence-corrected chi connectivity index (χ3v) is 5.49. The molecule has 5 atom stereocenters. The molecular formula is C22H27Cl2NaO6. The van der Waals surface area contributed by atoms with Gasteiger partial charge in [0.2, 0.25) is 0 Å². The first-order chi connectivity index (χ1) is 14.3. The number of ether oxygens (including phenoxy) is 1. The Morgan fingerprint density at radius 2 is 1.87 bits per heavy atom. The fourth-order valence-electron chi connectivity index (χ4n) is 3.55. The second-order valence-electron chi connectivity index (χ2n) is 7.45. The number of halogens is 2. The number of carboxylic acid groups (broad SMARTS) is 1. The van der Waals surface area contributed by atoms with Crippen molar-refractivity contribution in [3.05, 3.63) is 52.5 Å². The van der Waals surface area contributed by atoms with Crippen LogP contribution in [0, 0.1) is 11.8 Å². The summed E-state index contributed by atoms with van der Waals surface area (Å²) < 4.78 is 5.50. The van der Waals surface area contributed by atoms with Crippen LogP contribution in [0.5, 0.6) is 5.75 Å². The van der Waals surface area contributed by atoms with E-state index in [-0.39, 0.29) is 60.8 Å². The minimum Gasteiger partial charge on any atom is -0.550 e. The first-order valence-electron chi connectivity index (χ1n) is 9.92. The number of carboxylic acids is 1. The maximum absolute atomic E-state index is 10.4. The minimum absolute atomic E-state index is 0. The molecule has 0 aromatic heterocycles. The summed E-state index contributed by atoms with van der Waals surface area (Å²) in [5.74, 6) is -1.11. The molecule has 0 saturated heterocycles. The molecule has 1 fully saturated rings. The number of rotatable bonds is 11. The van der Waals surface area contributed by atoms with Crippen molar-refractivity contribution >= 4 is 29.2 Å².